The molecule has 0 bridgehead atoms. The molecule has 1 N–H and O–H groups in total. The first-order chi connectivity index (χ1) is 9.35. The number of fused-ring (bicyclic) bond motifs is 1. The monoisotopic (exact) mass is 260 g/mol. The quantitative estimate of drug-likeness (QED) is 0.897. The number of aliphatic hydroxyl groups excluding tert-OH is 1. The summed E-state index contributed by atoms with van der Waals surface area (Å²) in [7, 11) is 0. The first-order valence-electron chi connectivity index (χ1n) is 6.42. The van der Waals surface area contributed by atoms with Crippen LogP contribution in [0.15, 0.2) is 34.7 Å². The Labute approximate surface area is 111 Å². The van der Waals surface area contributed by atoms with Crippen molar-refractivity contribution < 1.29 is 19.0 Å². The third kappa shape index (κ3) is 2.74. The van der Waals surface area contributed by atoms with Gasteiger partial charge < -0.3 is 19.0 Å². The Morgan fingerprint density at radius 1 is 1.00 bits per heavy atom. The molecular weight excluding hydrogens is 244 g/mol. The van der Waals surface area contributed by atoms with E-state index in [0.29, 0.717) is 6.79 Å². The molecule has 19 heavy (non-hydrogen) atoms. The number of benzene rings is 1. The van der Waals surface area contributed by atoms with Crippen molar-refractivity contribution in [2.24, 2.45) is 0 Å². The summed E-state index contributed by atoms with van der Waals surface area (Å²) in [5, 5.41) is 8.79. The number of rotatable bonds is 5. The van der Waals surface area contributed by atoms with E-state index in [4.69, 9.17) is 19.0 Å². The number of ether oxygens (including phenoxy) is 2. The van der Waals surface area contributed by atoms with Crippen molar-refractivity contribution in [3.05, 3.63) is 47.4 Å². The van der Waals surface area contributed by atoms with Crippen LogP contribution in [0.25, 0.3) is 0 Å². The van der Waals surface area contributed by atoms with Crippen molar-refractivity contribution in [1.82, 2.24) is 0 Å². The molecule has 3 rings (SSSR count). The molecule has 2 heterocycles. The van der Waals surface area contributed by atoms with E-state index in [0.717, 1.165) is 47.8 Å². The highest BCUT2D eigenvalue weighted by molar-refractivity contribution is 5.45. The largest absolute Gasteiger partial charge is 0.466 e. The summed E-state index contributed by atoms with van der Waals surface area (Å²) in [4.78, 5) is 0. The minimum absolute atomic E-state index is 0.193. The molecule has 1 aliphatic rings. The van der Waals surface area contributed by atoms with Crippen molar-refractivity contribution in [1.29, 1.82) is 0 Å². The Morgan fingerprint density at radius 3 is 2.74 bits per heavy atom. The lowest BCUT2D eigenvalue weighted by atomic mass is 10.1. The van der Waals surface area contributed by atoms with Crippen molar-refractivity contribution in [3.63, 3.8) is 0 Å². The van der Waals surface area contributed by atoms with Gasteiger partial charge in [0.05, 0.1) is 0 Å². The Hall–Kier alpha value is -1.94. The van der Waals surface area contributed by atoms with Crippen LogP contribution in [-0.4, -0.2) is 18.5 Å². The molecule has 100 valence electrons. The molecule has 0 spiro atoms. The molecule has 0 saturated heterocycles. The molecule has 0 amide bonds. The summed E-state index contributed by atoms with van der Waals surface area (Å²) in [6.07, 6.45) is 2.24. The molecule has 0 radical (unpaired) electrons. The third-order valence-corrected chi connectivity index (χ3v) is 3.11. The predicted octanol–water partition coefficient (Wildman–Crippen LogP) is 2.52. The van der Waals surface area contributed by atoms with Gasteiger partial charge >= 0.3 is 0 Å². The number of aliphatic hydroxyl groups is 1. The Morgan fingerprint density at radius 2 is 1.84 bits per heavy atom. The lowest BCUT2D eigenvalue weighted by molar-refractivity contribution is 0.174. The fourth-order valence-corrected chi connectivity index (χ4v) is 2.16. The van der Waals surface area contributed by atoms with Gasteiger partial charge in [-0.2, -0.15) is 0 Å². The van der Waals surface area contributed by atoms with E-state index in [1.807, 2.05) is 30.3 Å². The smallest absolute Gasteiger partial charge is 0.231 e. The summed E-state index contributed by atoms with van der Waals surface area (Å²) < 4.78 is 16.4. The Kier molecular flexibility index (Phi) is 3.42. The predicted molar refractivity (Wildman–Crippen MR) is 69.5 cm³/mol. The third-order valence-electron chi connectivity index (χ3n) is 3.11. The van der Waals surface area contributed by atoms with Crippen LogP contribution in [0.3, 0.4) is 0 Å². The van der Waals surface area contributed by atoms with Gasteiger partial charge in [0.25, 0.3) is 0 Å². The van der Waals surface area contributed by atoms with Crippen LogP contribution < -0.4 is 9.47 Å². The second-order valence-corrected chi connectivity index (χ2v) is 4.56. The van der Waals surface area contributed by atoms with E-state index in [9.17, 15) is 0 Å². The number of hydrogen-bond acceptors (Lipinski definition) is 4. The molecule has 4 nitrogen and oxygen atoms in total. The van der Waals surface area contributed by atoms with Crippen LogP contribution in [0.4, 0.5) is 0 Å². The van der Waals surface area contributed by atoms with Gasteiger partial charge in [-0.1, -0.05) is 6.07 Å². The first kappa shape index (κ1) is 12.1. The molecule has 1 aromatic carbocycles. The van der Waals surface area contributed by atoms with Crippen molar-refractivity contribution in [2.45, 2.75) is 19.3 Å². The number of furan rings is 1. The summed E-state index contributed by atoms with van der Waals surface area (Å²) in [6.45, 7) is 0.489. The highest BCUT2D eigenvalue weighted by atomic mass is 16.7. The lowest BCUT2D eigenvalue weighted by Crippen LogP contribution is -1.93. The molecule has 0 unspecified atom stereocenters. The minimum Gasteiger partial charge on any atom is -0.466 e. The Bertz CT molecular complexity index is 559. The molecule has 1 aromatic heterocycles. The van der Waals surface area contributed by atoms with Gasteiger partial charge in [0.1, 0.15) is 11.5 Å². The fourth-order valence-electron chi connectivity index (χ4n) is 2.16. The zero-order valence-electron chi connectivity index (χ0n) is 10.6. The van der Waals surface area contributed by atoms with Gasteiger partial charge in [0, 0.05) is 19.4 Å². The first-order valence-corrected chi connectivity index (χ1v) is 6.42. The number of hydrogen-bond donors (Lipinski definition) is 1. The normalized spacial score (nSPS) is 12.9. The summed E-state index contributed by atoms with van der Waals surface area (Å²) in [6, 6.07) is 9.88. The molecule has 0 fully saturated rings. The fraction of sp³-hybridized carbons (Fsp3) is 0.333. The van der Waals surface area contributed by atoms with Crippen LogP contribution >= 0.6 is 0 Å². The zero-order chi connectivity index (χ0) is 13.1. The maximum absolute atomic E-state index is 8.79. The SMILES string of the molecule is OCCCc1ccc(Cc2ccc3c(c2)OCO3)o1. The molecule has 0 saturated carbocycles. The summed E-state index contributed by atoms with van der Waals surface area (Å²) in [5.74, 6) is 3.44. The van der Waals surface area contributed by atoms with E-state index in [2.05, 4.69) is 0 Å². The van der Waals surface area contributed by atoms with Gasteiger partial charge in [0.15, 0.2) is 11.5 Å². The zero-order valence-corrected chi connectivity index (χ0v) is 10.6. The molecule has 2 aromatic rings. The molecule has 0 atom stereocenters. The summed E-state index contributed by atoms with van der Waals surface area (Å²) in [5.41, 5.74) is 1.13. The molecule has 4 heteroatoms. The van der Waals surface area contributed by atoms with Crippen LogP contribution in [-0.2, 0) is 12.8 Å². The lowest BCUT2D eigenvalue weighted by Gasteiger charge is -2.01. The Balaban J connectivity index is 1.69. The van der Waals surface area contributed by atoms with Crippen LogP contribution in [0.5, 0.6) is 11.5 Å². The van der Waals surface area contributed by atoms with Gasteiger partial charge in [-0.15, -0.1) is 0 Å². The minimum atomic E-state index is 0.193. The van der Waals surface area contributed by atoms with Crippen molar-refractivity contribution in [2.75, 3.05) is 13.4 Å². The van der Waals surface area contributed by atoms with Crippen molar-refractivity contribution in [3.8, 4) is 11.5 Å². The van der Waals surface area contributed by atoms with E-state index in [-0.39, 0.29) is 6.61 Å². The summed E-state index contributed by atoms with van der Waals surface area (Å²) >= 11 is 0. The maximum Gasteiger partial charge on any atom is 0.231 e. The molecule has 0 aliphatic carbocycles. The van der Waals surface area contributed by atoms with Gasteiger partial charge in [-0.25, -0.2) is 0 Å². The second-order valence-electron chi connectivity index (χ2n) is 4.56. The second kappa shape index (κ2) is 5.36. The molecule has 1 aliphatic heterocycles. The maximum atomic E-state index is 8.79. The van der Waals surface area contributed by atoms with E-state index in [1.54, 1.807) is 0 Å². The topological polar surface area (TPSA) is 51.8 Å². The van der Waals surface area contributed by atoms with E-state index in [1.165, 1.54) is 0 Å². The highest BCUT2D eigenvalue weighted by Gasteiger charge is 2.13. The van der Waals surface area contributed by atoms with Crippen LogP contribution in [0, 0.1) is 0 Å². The average molecular weight is 260 g/mol. The van der Waals surface area contributed by atoms with E-state index < -0.39 is 0 Å². The van der Waals surface area contributed by atoms with Gasteiger partial charge in [-0.05, 0) is 36.2 Å². The molecular formula is C15H16O4. The van der Waals surface area contributed by atoms with Crippen LogP contribution in [0.1, 0.15) is 23.5 Å². The average Bonchev–Trinajstić information content (AvgIpc) is 3.05. The van der Waals surface area contributed by atoms with E-state index >= 15 is 0 Å². The number of aryl methyl sites for hydroxylation is 1. The standard InChI is InChI=1S/C15H16O4/c16-7-1-2-12-4-5-13(19-12)8-11-3-6-14-15(9-11)18-10-17-14/h3-6,9,16H,1-2,7-8,10H2. The van der Waals surface area contributed by atoms with Crippen LogP contribution in [0.2, 0.25) is 0 Å². The highest BCUT2D eigenvalue weighted by Crippen LogP contribution is 2.33. The van der Waals surface area contributed by atoms with Gasteiger partial charge in [-0.3, -0.25) is 0 Å². The van der Waals surface area contributed by atoms with Crippen molar-refractivity contribution >= 4 is 0 Å². The van der Waals surface area contributed by atoms with Gasteiger partial charge in [0.2, 0.25) is 6.79 Å².